The Hall–Kier alpha value is -3.32. The third-order valence-corrected chi connectivity index (χ3v) is 8.35. The summed E-state index contributed by atoms with van der Waals surface area (Å²) in [6.07, 6.45) is 9.06. The van der Waals surface area contributed by atoms with Gasteiger partial charge in [-0.2, -0.15) is 11.8 Å². The van der Waals surface area contributed by atoms with E-state index in [4.69, 9.17) is 5.73 Å². The molecule has 3 N–H and O–H groups in total. The molecule has 2 fully saturated rings. The number of aromatic nitrogens is 3. The quantitative estimate of drug-likeness (QED) is 0.445. The van der Waals surface area contributed by atoms with Crippen LogP contribution in [-0.4, -0.2) is 50.4 Å². The highest BCUT2D eigenvalue weighted by Gasteiger charge is 2.42. The predicted octanol–water partition coefficient (Wildman–Crippen LogP) is 4.87. The molecule has 0 atom stereocenters. The lowest BCUT2D eigenvalue weighted by Gasteiger charge is -2.43. The van der Waals surface area contributed by atoms with Crippen molar-refractivity contribution in [2.75, 3.05) is 30.3 Å². The minimum Gasteiger partial charge on any atom is -0.368 e. The molecule has 6 nitrogen and oxygen atoms in total. The normalized spacial score (nSPS) is 17.5. The second kappa shape index (κ2) is 8.47. The summed E-state index contributed by atoms with van der Waals surface area (Å²) in [6, 6.07) is 14.9. The van der Waals surface area contributed by atoms with E-state index < -0.39 is 0 Å². The van der Waals surface area contributed by atoms with Gasteiger partial charge in [-0.15, -0.1) is 0 Å². The minimum atomic E-state index is -0.0299. The summed E-state index contributed by atoms with van der Waals surface area (Å²) in [5, 5.41) is 1.16. The Balaban J connectivity index is 1.36. The lowest BCUT2D eigenvalue weighted by molar-refractivity contribution is 0.0774. The molecule has 1 saturated carbocycles. The van der Waals surface area contributed by atoms with Crippen LogP contribution in [0.4, 0.5) is 5.95 Å². The monoisotopic (exact) mass is 469 g/mol. The SMILES string of the molecule is Nc1ncc(-c2ccc(C3(c4c[nH]c5c(C(=O)N6CCSCC6)cccc45)CCC3)cc2)cn1. The Morgan fingerprint density at radius 3 is 2.41 bits per heavy atom. The van der Waals surface area contributed by atoms with Gasteiger partial charge in [0.1, 0.15) is 0 Å². The molecule has 2 aliphatic rings. The fourth-order valence-electron chi connectivity index (χ4n) is 5.38. The summed E-state index contributed by atoms with van der Waals surface area (Å²) in [6.45, 7) is 1.64. The summed E-state index contributed by atoms with van der Waals surface area (Å²) in [5.74, 6) is 2.45. The standard InChI is InChI=1S/C27H27N5OS/c28-26-30-15-19(16-31-26)18-5-7-20(8-6-18)27(9-2-10-27)23-17-29-24-21(23)3-1-4-22(24)25(33)32-11-13-34-14-12-32/h1,3-8,15-17,29H,2,9-14H2,(H2,28,30,31). The molecular weight excluding hydrogens is 442 g/mol. The molecule has 1 aliphatic carbocycles. The van der Waals surface area contributed by atoms with Gasteiger partial charge in [0.05, 0.1) is 11.1 Å². The molecule has 1 saturated heterocycles. The van der Waals surface area contributed by atoms with Gasteiger partial charge in [-0.05, 0) is 35.6 Å². The number of nitrogens with two attached hydrogens (primary N) is 1. The molecule has 7 heteroatoms. The first kappa shape index (κ1) is 21.2. The number of fused-ring (bicyclic) bond motifs is 1. The van der Waals surface area contributed by atoms with Crippen molar-refractivity contribution in [1.82, 2.24) is 19.9 Å². The second-order valence-corrected chi connectivity index (χ2v) is 10.4. The first-order valence-electron chi connectivity index (χ1n) is 11.8. The average Bonchev–Trinajstić information content (AvgIpc) is 3.29. The van der Waals surface area contributed by atoms with Crippen molar-refractivity contribution in [1.29, 1.82) is 0 Å². The van der Waals surface area contributed by atoms with E-state index in [9.17, 15) is 4.79 Å². The van der Waals surface area contributed by atoms with Crippen LogP contribution in [0.1, 0.15) is 40.7 Å². The Kier molecular flexibility index (Phi) is 5.29. The summed E-state index contributed by atoms with van der Waals surface area (Å²) in [4.78, 5) is 27.0. The number of nitrogens with zero attached hydrogens (tertiary/aromatic N) is 3. The number of nitrogens with one attached hydrogen (secondary N) is 1. The summed E-state index contributed by atoms with van der Waals surface area (Å²) >= 11 is 1.92. The molecule has 2 aromatic carbocycles. The molecule has 2 aromatic heterocycles. The maximum atomic E-state index is 13.3. The third-order valence-electron chi connectivity index (χ3n) is 7.41. The summed E-state index contributed by atoms with van der Waals surface area (Å²) in [5.41, 5.74) is 12.0. The van der Waals surface area contributed by atoms with E-state index in [1.165, 1.54) is 17.5 Å². The number of hydrogen-bond acceptors (Lipinski definition) is 5. The van der Waals surface area contributed by atoms with Gasteiger partial charge >= 0.3 is 0 Å². The number of carbonyl (C=O) groups excluding carboxylic acids is 1. The topological polar surface area (TPSA) is 87.9 Å². The van der Waals surface area contributed by atoms with E-state index in [-0.39, 0.29) is 17.3 Å². The van der Waals surface area contributed by atoms with Crippen LogP contribution in [-0.2, 0) is 5.41 Å². The van der Waals surface area contributed by atoms with Gasteiger partial charge in [-0.25, -0.2) is 9.97 Å². The van der Waals surface area contributed by atoms with E-state index in [1.807, 2.05) is 28.8 Å². The fraction of sp³-hybridized carbons (Fsp3) is 0.296. The van der Waals surface area contributed by atoms with Crippen molar-refractivity contribution in [2.45, 2.75) is 24.7 Å². The highest BCUT2D eigenvalue weighted by molar-refractivity contribution is 7.99. The van der Waals surface area contributed by atoms with Crippen molar-refractivity contribution in [3.63, 3.8) is 0 Å². The molecular formula is C27H27N5OS. The van der Waals surface area contributed by atoms with Gasteiger partial charge < -0.3 is 15.6 Å². The molecule has 0 unspecified atom stereocenters. The Morgan fingerprint density at radius 1 is 1.00 bits per heavy atom. The number of carbonyl (C=O) groups is 1. The number of rotatable bonds is 4. The lowest BCUT2D eigenvalue weighted by atomic mass is 9.60. The number of amides is 1. The molecule has 6 rings (SSSR count). The first-order valence-corrected chi connectivity index (χ1v) is 13.0. The molecule has 0 bridgehead atoms. The maximum Gasteiger partial charge on any atom is 0.256 e. The lowest BCUT2D eigenvalue weighted by Crippen LogP contribution is -2.38. The van der Waals surface area contributed by atoms with Crippen LogP contribution in [0.3, 0.4) is 0 Å². The Morgan fingerprint density at radius 2 is 1.74 bits per heavy atom. The first-order chi connectivity index (χ1) is 16.7. The summed E-state index contributed by atoms with van der Waals surface area (Å²) in [7, 11) is 0. The van der Waals surface area contributed by atoms with Crippen LogP contribution in [0.25, 0.3) is 22.0 Å². The van der Waals surface area contributed by atoms with Crippen LogP contribution in [0, 0.1) is 0 Å². The zero-order valence-electron chi connectivity index (χ0n) is 19.0. The highest BCUT2D eigenvalue weighted by atomic mass is 32.2. The number of hydrogen-bond donors (Lipinski definition) is 2. The molecule has 1 amide bonds. The second-order valence-electron chi connectivity index (χ2n) is 9.18. The Bertz CT molecular complexity index is 1340. The van der Waals surface area contributed by atoms with E-state index in [0.29, 0.717) is 0 Å². The number of anilines is 1. The molecule has 1 aliphatic heterocycles. The van der Waals surface area contributed by atoms with E-state index >= 15 is 0 Å². The van der Waals surface area contributed by atoms with Gasteiger partial charge in [-0.1, -0.05) is 42.8 Å². The number of thioether (sulfide) groups is 1. The number of nitrogen functional groups attached to an aromatic ring is 1. The number of benzene rings is 2. The van der Waals surface area contributed by atoms with Gasteiger partial charge in [0.15, 0.2) is 0 Å². The van der Waals surface area contributed by atoms with E-state index in [1.54, 1.807) is 12.4 Å². The molecule has 4 aromatic rings. The number of para-hydroxylation sites is 1. The molecule has 34 heavy (non-hydrogen) atoms. The van der Waals surface area contributed by atoms with Crippen LogP contribution < -0.4 is 5.73 Å². The molecule has 172 valence electrons. The summed E-state index contributed by atoms with van der Waals surface area (Å²) < 4.78 is 0. The van der Waals surface area contributed by atoms with Crippen molar-refractivity contribution < 1.29 is 4.79 Å². The van der Waals surface area contributed by atoms with E-state index in [2.05, 4.69) is 51.5 Å². The van der Waals surface area contributed by atoms with Gasteiger partial charge in [0.25, 0.3) is 5.91 Å². The van der Waals surface area contributed by atoms with Crippen LogP contribution >= 0.6 is 11.8 Å². The van der Waals surface area contributed by atoms with Crippen LogP contribution in [0.5, 0.6) is 0 Å². The van der Waals surface area contributed by atoms with Crippen molar-refractivity contribution >= 4 is 34.5 Å². The molecule has 0 spiro atoms. The largest absolute Gasteiger partial charge is 0.368 e. The molecule has 3 heterocycles. The number of H-pyrrole nitrogens is 1. The van der Waals surface area contributed by atoms with Gasteiger partial charge in [0.2, 0.25) is 5.95 Å². The predicted molar refractivity (Wildman–Crippen MR) is 138 cm³/mol. The van der Waals surface area contributed by atoms with Gasteiger partial charge in [-0.3, -0.25) is 4.79 Å². The molecule has 0 radical (unpaired) electrons. The van der Waals surface area contributed by atoms with Crippen molar-refractivity contribution in [3.8, 4) is 11.1 Å². The average molecular weight is 470 g/mol. The maximum absolute atomic E-state index is 13.3. The fourth-order valence-corrected chi connectivity index (χ4v) is 6.28. The van der Waals surface area contributed by atoms with Crippen molar-refractivity contribution in [3.05, 3.63) is 77.7 Å². The third kappa shape index (κ3) is 3.46. The minimum absolute atomic E-state index is 0.0299. The number of aromatic amines is 1. The van der Waals surface area contributed by atoms with Gasteiger partial charge in [0, 0.05) is 59.6 Å². The van der Waals surface area contributed by atoms with Crippen molar-refractivity contribution in [2.24, 2.45) is 0 Å². The van der Waals surface area contributed by atoms with E-state index in [0.717, 1.165) is 65.0 Å². The van der Waals surface area contributed by atoms with Crippen LogP contribution in [0.15, 0.2) is 61.1 Å². The Labute approximate surface area is 203 Å². The highest BCUT2D eigenvalue weighted by Crippen LogP contribution is 2.51. The van der Waals surface area contributed by atoms with Crippen LogP contribution in [0.2, 0.25) is 0 Å². The zero-order chi connectivity index (χ0) is 23.1. The smallest absolute Gasteiger partial charge is 0.256 e. The zero-order valence-corrected chi connectivity index (χ0v) is 19.8.